The van der Waals surface area contributed by atoms with Crippen LogP contribution in [-0.4, -0.2) is 29.1 Å². The summed E-state index contributed by atoms with van der Waals surface area (Å²) < 4.78 is 7.63. The molecule has 1 amide bonds. The minimum absolute atomic E-state index is 0.0208. The molecule has 2 rings (SSSR count). The lowest BCUT2D eigenvalue weighted by Crippen LogP contribution is -2.40. The quantitative estimate of drug-likeness (QED) is 0.716. The van der Waals surface area contributed by atoms with E-state index in [-0.39, 0.29) is 18.1 Å². The van der Waals surface area contributed by atoms with E-state index in [1.807, 2.05) is 4.68 Å². The Morgan fingerprint density at radius 1 is 1.38 bits per heavy atom. The van der Waals surface area contributed by atoms with Gasteiger partial charge in [0.05, 0.1) is 6.61 Å². The zero-order valence-corrected chi connectivity index (χ0v) is 10.5. The highest BCUT2D eigenvalue weighted by Gasteiger charge is 2.52. The molecule has 0 radical (unpaired) electrons. The summed E-state index contributed by atoms with van der Waals surface area (Å²) in [5, 5.41) is 0. The molecule has 0 bridgehead atoms. The van der Waals surface area contributed by atoms with Crippen LogP contribution in [0.5, 0.6) is 0 Å². The predicted octanol–water partition coefficient (Wildman–Crippen LogP) is 1.16. The molecule has 2 aliphatic rings. The number of hydrazine groups is 1. The number of rotatable bonds is 2. The molecule has 4 nitrogen and oxygen atoms in total. The van der Waals surface area contributed by atoms with Crippen LogP contribution in [0.4, 0.5) is 0 Å². The number of hydrogen-bond acceptors (Lipinski definition) is 2. The molecule has 2 heterocycles. The number of carbonyl (C=O) groups is 1. The van der Waals surface area contributed by atoms with Gasteiger partial charge in [-0.2, -0.15) is 0 Å². The van der Waals surface area contributed by atoms with E-state index in [0.29, 0.717) is 18.4 Å². The van der Waals surface area contributed by atoms with E-state index < -0.39 is 0 Å². The standard InChI is InChI=1S/C12H20N2O2/c1-7(2)10(8(3)4)14-12-9(5-6-16-12)11(15)13-14/h7-9,12H,5-6H2,1-4H3/p+1/t9-,12-/m1/s1. The first-order valence-electron chi connectivity index (χ1n) is 6.10. The van der Waals surface area contributed by atoms with Crippen molar-refractivity contribution in [3.8, 4) is 0 Å². The first-order chi connectivity index (χ1) is 7.52. The number of carbonyl (C=O) groups excluding carboxylic acids is 1. The molecule has 0 unspecified atom stereocenters. The summed E-state index contributed by atoms with van der Waals surface area (Å²) in [7, 11) is 0. The van der Waals surface area contributed by atoms with E-state index >= 15 is 0 Å². The Balaban J connectivity index is 2.38. The van der Waals surface area contributed by atoms with Crippen LogP contribution < -0.4 is 5.43 Å². The third-order valence-corrected chi connectivity index (χ3v) is 3.34. The van der Waals surface area contributed by atoms with Crippen LogP contribution in [0.25, 0.3) is 0 Å². The normalized spacial score (nSPS) is 28.9. The molecule has 4 heteroatoms. The van der Waals surface area contributed by atoms with Gasteiger partial charge in [-0.25, -0.2) is 0 Å². The zero-order chi connectivity index (χ0) is 11.9. The Morgan fingerprint density at radius 2 is 2.00 bits per heavy atom. The maximum atomic E-state index is 11.8. The lowest BCUT2D eigenvalue weighted by atomic mass is 9.97. The van der Waals surface area contributed by atoms with Crippen molar-refractivity contribution in [2.45, 2.75) is 40.3 Å². The summed E-state index contributed by atoms with van der Waals surface area (Å²) in [6.07, 6.45) is 0.767. The lowest BCUT2D eigenvalue weighted by molar-refractivity contribution is -0.637. The van der Waals surface area contributed by atoms with Crippen LogP contribution in [0, 0.1) is 17.8 Å². The molecule has 0 aromatic carbocycles. The number of amides is 1. The summed E-state index contributed by atoms with van der Waals surface area (Å²) in [6.45, 7) is 9.32. The van der Waals surface area contributed by atoms with Crippen molar-refractivity contribution in [2.75, 3.05) is 6.61 Å². The van der Waals surface area contributed by atoms with Crippen molar-refractivity contribution in [1.29, 1.82) is 0 Å². The average molecular weight is 225 g/mol. The molecular weight excluding hydrogens is 204 g/mol. The Labute approximate surface area is 96.6 Å². The second-order valence-corrected chi connectivity index (χ2v) is 5.24. The first kappa shape index (κ1) is 11.6. The Kier molecular flexibility index (Phi) is 3.02. The minimum atomic E-state index is -0.0766. The van der Waals surface area contributed by atoms with Gasteiger partial charge in [-0.05, 0) is 6.42 Å². The average Bonchev–Trinajstić information content (AvgIpc) is 2.71. The number of hydrazone groups is 1. The summed E-state index contributed by atoms with van der Waals surface area (Å²) in [6, 6.07) is 0. The lowest BCUT2D eigenvalue weighted by Gasteiger charge is -2.14. The molecule has 90 valence electrons. The van der Waals surface area contributed by atoms with Crippen LogP contribution >= 0.6 is 0 Å². The smallest absolute Gasteiger partial charge is 0.297 e. The third kappa shape index (κ3) is 1.75. The van der Waals surface area contributed by atoms with E-state index in [2.05, 4.69) is 33.1 Å². The van der Waals surface area contributed by atoms with E-state index in [0.717, 1.165) is 6.42 Å². The highest BCUT2D eigenvalue weighted by atomic mass is 16.5. The SMILES string of the molecule is CC(C)C(C(C)C)=[N+]1NC(=O)[C@H]2CCO[C@H]21. The second kappa shape index (κ2) is 4.17. The molecule has 2 fully saturated rings. The molecule has 2 saturated heterocycles. The van der Waals surface area contributed by atoms with E-state index in [9.17, 15) is 4.79 Å². The van der Waals surface area contributed by atoms with Crippen LogP contribution in [-0.2, 0) is 9.53 Å². The van der Waals surface area contributed by atoms with Crippen LogP contribution in [0.2, 0.25) is 0 Å². The van der Waals surface area contributed by atoms with Crippen molar-refractivity contribution in [1.82, 2.24) is 5.43 Å². The molecule has 2 atom stereocenters. The fourth-order valence-electron chi connectivity index (χ4n) is 2.79. The fraction of sp³-hybridized carbons (Fsp3) is 0.833. The molecule has 0 spiro atoms. The highest BCUT2D eigenvalue weighted by molar-refractivity contribution is 5.86. The Hall–Kier alpha value is -0.900. The predicted molar refractivity (Wildman–Crippen MR) is 60.9 cm³/mol. The third-order valence-electron chi connectivity index (χ3n) is 3.34. The Bertz CT molecular complexity index is 324. The van der Waals surface area contributed by atoms with E-state index in [4.69, 9.17) is 4.74 Å². The van der Waals surface area contributed by atoms with E-state index in [1.54, 1.807) is 0 Å². The van der Waals surface area contributed by atoms with Crippen molar-refractivity contribution < 1.29 is 14.2 Å². The molecule has 1 N–H and O–H groups in total. The number of ether oxygens (including phenoxy) is 1. The second-order valence-electron chi connectivity index (χ2n) is 5.24. The van der Waals surface area contributed by atoms with Crippen molar-refractivity contribution >= 4 is 11.6 Å². The van der Waals surface area contributed by atoms with Gasteiger partial charge in [0.15, 0.2) is 5.71 Å². The summed E-state index contributed by atoms with van der Waals surface area (Å²) in [5.74, 6) is 0.972. The van der Waals surface area contributed by atoms with Gasteiger partial charge in [0, 0.05) is 11.8 Å². The van der Waals surface area contributed by atoms with E-state index in [1.165, 1.54) is 5.71 Å². The summed E-state index contributed by atoms with van der Waals surface area (Å²) in [4.78, 5) is 11.8. The molecule has 2 aliphatic heterocycles. The molecule has 0 aromatic heterocycles. The first-order valence-corrected chi connectivity index (χ1v) is 6.10. The van der Waals surface area contributed by atoms with Crippen molar-refractivity contribution in [2.24, 2.45) is 17.8 Å². The van der Waals surface area contributed by atoms with Gasteiger partial charge in [0.2, 0.25) is 0 Å². The van der Waals surface area contributed by atoms with Gasteiger partial charge < -0.3 is 4.74 Å². The van der Waals surface area contributed by atoms with Crippen LogP contribution in [0.1, 0.15) is 34.1 Å². The topological polar surface area (TPSA) is 41.3 Å². The minimum Gasteiger partial charge on any atom is -0.319 e. The molecule has 0 aromatic rings. The zero-order valence-electron chi connectivity index (χ0n) is 10.5. The van der Waals surface area contributed by atoms with Gasteiger partial charge >= 0.3 is 0 Å². The molecule has 0 aliphatic carbocycles. The largest absolute Gasteiger partial charge is 0.319 e. The van der Waals surface area contributed by atoms with Crippen LogP contribution in [0.15, 0.2) is 0 Å². The van der Waals surface area contributed by atoms with Crippen LogP contribution in [0.3, 0.4) is 0 Å². The van der Waals surface area contributed by atoms with Gasteiger partial charge in [-0.15, -0.1) is 5.43 Å². The highest BCUT2D eigenvalue weighted by Crippen LogP contribution is 2.27. The number of hydrogen-bond donors (Lipinski definition) is 1. The maximum absolute atomic E-state index is 11.8. The monoisotopic (exact) mass is 225 g/mol. The summed E-state index contributed by atoms with van der Waals surface area (Å²) in [5.41, 5.74) is 4.20. The molecule has 16 heavy (non-hydrogen) atoms. The van der Waals surface area contributed by atoms with Gasteiger partial charge in [0.25, 0.3) is 12.1 Å². The van der Waals surface area contributed by atoms with Gasteiger partial charge in [-0.3, -0.25) is 4.79 Å². The Morgan fingerprint density at radius 3 is 2.56 bits per heavy atom. The maximum Gasteiger partial charge on any atom is 0.297 e. The number of nitrogens with zero attached hydrogens (tertiary/aromatic N) is 1. The number of fused-ring (bicyclic) bond motifs is 1. The molecular formula is C12H21N2O2+. The fourth-order valence-corrected chi connectivity index (χ4v) is 2.79. The number of nitrogens with one attached hydrogen (secondary N) is 1. The van der Waals surface area contributed by atoms with Crippen molar-refractivity contribution in [3.05, 3.63) is 0 Å². The van der Waals surface area contributed by atoms with Crippen molar-refractivity contribution in [3.63, 3.8) is 0 Å². The van der Waals surface area contributed by atoms with Gasteiger partial charge in [0.1, 0.15) is 5.92 Å². The summed E-state index contributed by atoms with van der Waals surface area (Å²) >= 11 is 0. The van der Waals surface area contributed by atoms with Gasteiger partial charge in [-0.1, -0.05) is 32.4 Å². The molecule has 0 saturated carbocycles.